The van der Waals surface area contributed by atoms with Gasteiger partial charge in [-0.15, -0.1) is 0 Å². The lowest BCUT2D eigenvalue weighted by Gasteiger charge is -2.33. The molecule has 4 nitrogen and oxygen atoms in total. The normalized spacial score (nSPS) is 17.9. The molecule has 0 saturated carbocycles. The highest BCUT2D eigenvalue weighted by molar-refractivity contribution is 9.10. The summed E-state index contributed by atoms with van der Waals surface area (Å²) in [5, 5.41) is 0. The number of para-hydroxylation sites is 1. The minimum Gasteiger partial charge on any atom is -0.480 e. The molecule has 2 rings (SSSR count). The minimum absolute atomic E-state index is 0.0521. The van der Waals surface area contributed by atoms with Gasteiger partial charge in [-0.05, 0) is 60.3 Å². The van der Waals surface area contributed by atoms with Gasteiger partial charge in [0.15, 0.2) is 6.10 Å². The van der Waals surface area contributed by atoms with Gasteiger partial charge in [0, 0.05) is 13.1 Å². The molecule has 0 radical (unpaired) electrons. The van der Waals surface area contributed by atoms with E-state index in [1.807, 2.05) is 29.2 Å². The first-order valence-corrected chi connectivity index (χ1v) is 7.81. The van der Waals surface area contributed by atoms with Crippen LogP contribution in [-0.2, 0) is 4.79 Å². The molecule has 110 valence electrons. The van der Waals surface area contributed by atoms with E-state index in [1.54, 1.807) is 6.92 Å². The number of amides is 1. The number of hydrogen-bond acceptors (Lipinski definition) is 3. The van der Waals surface area contributed by atoms with Crippen LogP contribution in [0.15, 0.2) is 28.7 Å². The van der Waals surface area contributed by atoms with Crippen molar-refractivity contribution in [3.63, 3.8) is 0 Å². The number of nitrogens with zero attached hydrogens (tertiary/aromatic N) is 1. The van der Waals surface area contributed by atoms with Crippen LogP contribution in [0, 0.1) is 5.92 Å². The molecule has 0 spiro atoms. The van der Waals surface area contributed by atoms with Crippen LogP contribution in [0.25, 0.3) is 0 Å². The fourth-order valence-corrected chi connectivity index (χ4v) is 2.81. The van der Waals surface area contributed by atoms with Crippen molar-refractivity contribution in [2.75, 3.05) is 19.6 Å². The second-order valence-corrected chi connectivity index (χ2v) is 6.05. The van der Waals surface area contributed by atoms with E-state index in [0.29, 0.717) is 18.2 Å². The predicted molar refractivity (Wildman–Crippen MR) is 82.6 cm³/mol. The number of likely N-dealkylation sites (tertiary alicyclic amines) is 1. The first-order valence-electron chi connectivity index (χ1n) is 7.02. The van der Waals surface area contributed by atoms with Crippen LogP contribution in [0.2, 0.25) is 0 Å². The zero-order valence-electron chi connectivity index (χ0n) is 11.7. The molecular formula is C15H21BrN2O2. The minimum atomic E-state index is -0.469. The zero-order valence-corrected chi connectivity index (χ0v) is 13.3. The second-order valence-electron chi connectivity index (χ2n) is 5.19. The highest BCUT2D eigenvalue weighted by Crippen LogP contribution is 2.25. The molecule has 1 fully saturated rings. The van der Waals surface area contributed by atoms with E-state index in [-0.39, 0.29) is 5.91 Å². The molecule has 0 unspecified atom stereocenters. The van der Waals surface area contributed by atoms with Gasteiger partial charge in [0.2, 0.25) is 0 Å². The molecule has 2 N–H and O–H groups in total. The largest absolute Gasteiger partial charge is 0.480 e. The summed E-state index contributed by atoms with van der Waals surface area (Å²) in [6, 6.07) is 7.57. The van der Waals surface area contributed by atoms with Crippen molar-refractivity contribution in [3.8, 4) is 5.75 Å². The number of ether oxygens (including phenoxy) is 1. The van der Waals surface area contributed by atoms with Crippen LogP contribution in [-0.4, -0.2) is 36.5 Å². The smallest absolute Gasteiger partial charge is 0.263 e. The molecule has 1 atom stereocenters. The SMILES string of the molecule is C[C@H](Oc1ccccc1Br)C(=O)N1CCC(CN)CC1. The van der Waals surface area contributed by atoms with Crippen molar-refractivity contribution < 1.29 is 9.53 Å². The van der Waals surface area contributed by atoms with Crippen molar-refractivity contribution in [1.29, 1.82) is 0 Å². The molecular weight excluding hydrogens is 320 g/mol. The molecule has 20 heavy (non-hydrogen) atoms. The van der Waals surface area contributed by atoms with Gasteiger partial charge < -0.3 is 15.4 Å². The summed E-state index contributed by atoms with van der Waals surface area (Å²) in [7, 11) is 0. The monoisotopic (exact) mass is 340 g/mol. The number of benzene rings is 1. The summed E-state index contributed by atoms with van der Waals surface area (Å²) in [4.78, 5) is 14.2. The summed E-state index contributed by atoms with van der Waals surface area (Å²) in [5.74, 6) is 1.31. The van der Waals surface area contributed by atoms with Crippen LogP contribution in [0.4, 0.5) is 0 Å². The standard InChI is InChI=1S/C15H21BrN2O2/c1-11(20-14-5-3-2-4-13(14)16)15(19)18-8-6-12(10-17)7-9-18/h2-5,11-12H,6-10,17H2,1H3/t11-/m0/s1. The molecule has 5 heteroatoms. The maximum atomic E-state index is 12.4. The fraction of sp³-hybridized carbons (Fsp3) is 0.533. The average molecular weight is 341 g/mol. The third-order valence-electron chi connectivity index (χ3n) is 3.75. The van der Waals surface area contributed by atoms with Gasteiger partial charge in [0.05, 0.1) is 4.47 Å². The van der Waals surface area contributed by atoms with Crippen molar-refractivity contribution in [2.45, 2.75) is 25.9 Å². The Kier molecular flexibility index (Phi) is 5.43. The van der Waals surface area contributed by atoms with Crippen molar-refractivity contribution in [3.05, 3.63) is 28.7 Å². The van der Waals surface area contributed by atoms with E-state index in [4.69, 9.17) is 10.5 Å². The lowest BCUT2D eigenvalue weighted by atomic mass is 9.97. The van der Waals surface area contributed by atoms with E-state index in [2.05, 4.69) is 15.9 Å². The Morgan fingerprint density at radius 1 is 1.45 bits per heavy atom. The third-order valence-corrected chi connectivity index (χ3v) is 4.40. The van der Waals surface area contributed by atoms with Gasteiger partial charge in [0.25, 0.3) is 5.91 Å². The van der Waals surface area contributed by atoms with Crippen molar-refractivity contribution in [1.82, 2.24) is 4.90 Å². The number of carbonyl (C=O) groups excluding carboxylic acids is 1. The Morgan fingerprint density at radius 2 is 2.10 bits per heavy atom. The number of rotatable bonds is 4. The second kappa shape index (κ2) is 7.09. The number of halogens is 1. The van der Waals surface area contributed by atoms with Crippen LogP contribution in [0.5, 0.6) is 5.75 Å². The Labute approximate surface area is 128 Å². The molecule has 1 heterocycles. The van der Waals surface area contributed by atoms with Gasteiger partial charge in [-0.3, -0.25) is 4.79 Å². The topological polar surface area (TPSA) is 55.6 Å². The number of nitrogens with two attached hydrogens (primary N) is 1. The first-order chi connectivity index (χ1) is 9.61. The van der Waals surface area contributed by atoms with Gasteiger partial charge in [-0.1, -0.05) is 12.1 Å². The predicted octanol–water partition coefficient (Wildman–Crippen LogP) is 2.41. The average Bonchev–Trinajstić information content (AvgIpc) is 2.49. The number of carbonyl (C=O) groups is 1. The molecule has 1 aliphatic heterocycles. The quantitative estimate of drug-likeness (QED) is 0.915. The van der Waals surface area contributed by atoms with Gasteiger partial charge in [-0.25, -0.2) is 0 Å². The van der Waals surface area contributed by atoms with Crippen LogP contribution in [0.3, 0.4) is 0 Å². The highest BCUT2D eigenvalue weighted by Gasteiger charge is 2.26. The van der Waals surface area contributed by atoms with Gasteiger partial charge in [-0.2, -0.15) is 0 Å². The van der Waals surface area contributed by atoms with Gasteiger partial charge in [0.1, 0.15) is 5.75 Å². The Hall–Kier alpha value is -1.07. The van der Waals surface area contributed by atoms with Crippen LogP contribution >= 0.6 is 15.9 Å². The third kappa shape index (κ3) is 3.73. The Bertz CT molecular complexity index is 459. The van der Waals surface area contributed by atoms with Crippen molar-refractivity contribution >= 4 is 21.8 Å². The Morgan fingerprint density at radius 3 is 2.70 bits per heavy atom. The first kappa shape index (κ1) is 15.3. The van der Waals surface area contributed by atoms with Crippen LogP contribution < -0.4 is 10.5 Å². The lowest BCUT2D eigenvalue weighted by molar-refractivity contribution is -0.139. The molecule has 1 amide bonds. The molecule has 0 aromatic heterocycles. The fourth-order valence-electron chi connectivity index (χ4n) is 2.43. The van der Waals surface area contributed by atoms with Crippen LogP contribution in [0.1, 0.15) is 19.8 Å². The zero-order chi connectivity index (χ0) is 14.5. The lowest BCUT2D eigenvalue weighted by Crippen LogP contribution is -2.45. The van der Waals surface area contributed by atoms with E-state index >= 15 is 0 Å². The maximum Gasteiger partial charge on any atom is 0.263 e. The summed E-state index contributed by atoms with van der Waals surface area (Å²) in [6.45, 7) is 4.08. The summed E-state index contributed by atoms with van der Waals surface area (Å²) in [6.07, 6.45) is 1.51. The van der Waals surface area contributed by atoms with E-state index in [9.17, 15) is 4.79 Å². The molecule has 0 aliphatic carbocycles. The maximum absolute atomic E-state index is 12.4. The number of hydrogen-bond donors (Lipinski definition) is 1. The summed E-state index contributed by atoms with van der Waals surface area (Å²) < 4.78 is 6.61. The van der Waals surface area contributed by atoms with Crippen molar-refractivity contribution in [2.24, 2.45) is 11.7 Å². The molecule has 1 saturated heterocycles. The van der Waals surface area contributed by atoms with E-state index < -0.39 is 6.10 Å². The molecule has 0 bridgehead atoms. The molecule has 1 aliphatic rings. The molecule has 1 aromatic rings. The van der Waals surface area contributed by atoms with E-state index in [0.717, 1.165) is 30.4 Å². The highest BCUT2D eigenvalue weighted by atomic mass is 79.9. The molecule has 1 aromatic carbocycles. The Balaban J connectivity index is 1.91. The van der Waals surface area contributed by atoms with Gasteiger partial charge >= 0.3 is 0 Å². The van der Waals surface area contributed by atoms with E-state index in [1.165, 1.54) is 0 Å². The summed E-state index contributed by atoms with van der Waals surface area (Å²) >= 11 is 3.42. The summed E-state index contributed by atoms with van der Waals surface area (Å²) in [5.41, 5.74) is 5.67. The number of piperidine rings is 1.